The lowest BCUT2D eigenvalue weighted by molar-refractivity contribution is 0.627. The van der Waals surface area contributed by atoms with Crippen molar-refractivity contribution in [3.63, 3.8) is 0 Å². The number of halogens is 1. The molecule has 1 saturated carbocycles. The van der Waals surface area contributed by atoms with Crippen LogP contribution < -0.4 is 0 Å². The van der Waals surface area contributed by atoms with Crippen LogP contribution in [-0.4, -0.2) is 14.8 Å². The Morgan fingerprint density at radius 3 is 2.72 bits per heavy atom. The molecule has 1 atom stereocenters. The van der Waals surface area contributed by atoms with Crippen molar-refractivity contribution in [3.8, 4) is 0 Å². The molecule has 0 amide bonds. The van der Waals surface area contributed by atoms with E-state index in [1.54, 1.807) is 18.1 Å². The summed E-state index contributed by atoms with van der Waals surface area (Å²) in [5.41, 5.74) is 1.10. The third kappa shape index (κ3) is 2.41. The minimum atomic E-state index is -0.197. The summed E-state index contributed by atoms with van der Waals surface area (Å²) in [6.45, 7) is 2.10. The number of aromatic nitrogens is 3. The summed E-state index contributed by atoms with van der Waals surface area (Å²) < 4.78 is 15.0. The monoisotopic (exact) mass is 263 g/mol. The fourth-order valence-corrected chi connectivity index (χ4v) is 2.90. The van der Waals surface area contributed by atoms with E-state index in [0.717, 1.165) is 10.7 Å². The minimum Gasteiger partial charge on any atom is -0.306 e. The highest BCUT2D eigenvalue weighted by Gasteiger charge is 2.27. The van der Waals surface area contributed by atoms with E-state index < -0.39 is 0 Å². The zero-order chi connectivity index (χ0) is 12.5. The van der Waals surface area contributed by atoms with Gasteiger partial charge in [0.05, 0.1) is 0 Å². The van der Waals surface area contributed by atoms with Crippen LogP contribution in [0.1, 0.15) is 36.6 Å². The predicted molar refractivity (Wildman–Crippen MR) is 69.0 cm³/mol. The molecule has 0 unspecified atom stereocenters. The Labute approximate surface area is 109 Å². The first-order chi connectivity index (χ1) is 8.74. The average Bonchev–Trinajstić information content (AvgIpc) is 3.11. The Morgan fingerprint density at radius 1 is 1.33 bits per heavy atom. The number of hydrogen-bond donors (Lipinski definition) is 0. The van der Waals surface area contributed by atoms with E-state index in [1.807, 2.05) is 12.1 Å². The van der Waals surface area contributed by atoms with Gasteiger partial charge >= 0.3 is 0 Å². The van der Waals surface area contributed by atoms with Gasteiger partial charge in [0.1, 0.15) is 12.1 Å². The van der Waals surface area contributed by atoms with Gasteiger partial charge in [-0.2, -0.15) is 0 Å². The second-order valence-electron chi connectivity index (χ2n) is 4.56. The molecule has 0 N–H and O–H groups in total. The second kappa shape index (κ2) is 4.72. The number of hydrogen-bond acceptors (Lipinski definition) is 3. The molecule has 18 heavy (non-hydrogen) atoms. The molecule has 0 bridgehead atoms. The summed E-state index contributed by atoms with van der Waals surface area (Å²) in [5, 5.41) is 9.33. The normalized spacial score (nSPS) is 16.8. The van der Waals surface area contributed by atoms with Crippen LogP contribution in [0.3, 0.4) is 0 Å². The van der Waals surface area contributed by atoms with Gasteiger partial charge in [-0.05, 0) is 37.5 Å². The highest BCUT2D eigenvalue weighted by Crippen LogP contribution is 2.40. The van der Waals surface area contributed by atoms with Gasteiger partial charge in [-0.3, -0.25) is 0 Å². The maximum atomic E-state index is 12.9. The van der Waals surface area contributed by atoms with Crippen LogP contribution in [0.2, 0.25) is 0 Å². The summed E-state index contributed by atoms with van der Waals surface area (Å²) in [6, 6.07) is 7.23. The van der Waals surface area contributed by atoms with Crippen LogP contribution >= 0.6 is 11.8 Å². The van der Waals surface area contributed by atoms with Crippen LogP contribution in [0.4, 0.5) is 4.39 Å². The highest BCUT2D eigenvalue weighted by molar-refractivity contribution is 7.99. The van der Waals surface area contributed by atoms with Crippen LogP contribution in [0.15, 0.2) is 35.7 Å². The van der Waals surface area contributed by atoms with Gasteiger partial charge in [0.15, 0.2) is 5.16 Å². The Balaban J connectivity index is 1.75. The van der Waals surface area contributed by atoms with Crippen molar-refractivity contribution in [1.29, 1.82) is 0 Å². The van der Waals surface area contributed by atoms with E-state index in [1.165, 1.54) is 25.0 Å². The van der Waals surface area contributed by atoms with E-state index in [2.05, 4.69) is 21.7 Å². The number of thioether (sulfide) groups is 1. The Hall–Kier alpha value is -1.36. The molecular weight excluding hydrogens is 249 g/mol. The molecule has 1 aromatic heterocycles. The van der Waals surface area contributed by atoms with E-state index in [-0.39, 0.29) is 11.1 Å². The number of rotatable bonds is 4. The van der Waals surface area contributed by atoms with Gasteiger partial charge < -0.3 is 4.57 Å². The largest absolute Gasteiger partial charge is 0.306 e. The maximum absolute atomic E-state index is 12.9. The SMILES string of the molecule is C[C@H](Sc1nncn1C1CC1)c1ccc(F)cc1. The van der Waals surface area contributed by atoms with Crippen LogP contribution in [0, 0.1) is 5.82 Å². The van der Waals surface area contributed by atoms with E-state index in [4.69, 9.17) is 0 Å². The lowest BCUT2D eigenvalue weighted by atomic mass is 10.2. The summed E-state index contributed by atoms with van der Waals surface area (Å²) in [7, 11) is 0. The number of nitrogens with zero attached hydrogens (tertiary/aromatic N) is 3. The molecule has 0 spiro atoms. The zero-order valence-electron chi connectivity index (χ0n) is 10.1. The first kappa shape index (κ1) is 11.7. The zero-order valence-corrected chi connectivity index (χ0v) is 10.9. The first-order valence-electron chi connectivity index (χ1n) is 6.05. The summed E-state index contributed by atoms with van der Waals surface area (Å²) >= 11 is 1.67. The van der Waals surface area contributed by atoms with E-state index in [0.29, 0.717) is 6.04 Å². The van der Waals surface area contributed by atoms with Crippen molar-refractivity contribution in [2.24, 2.45) is 0 Å². The molecule has 1 aromatic carbocycles. The van der Waals surface area contributed by atoms with Gasteiger partial charge in [-0.15, -0.1) is 10.2 Å². The van der Waals surface area contributed by atoms with E-state index in [9.17, 15) is 4.39 Å². The van der Waals surface area contributed by atoms with Crippen LogP contribution in [-0.2, 0) is 0 Å². The molecule has 2 aromatic rings. The summed E-state index contributed by atoms with van der Waals surface area (Å²) in [6.07, 6.45) is 4.24. The topological polar surface area (TPSA) is 30.7 Å². The minimum absolute atomic E-state index is 0.197. The summed E-state index contributed by atoms with van der Waals surface area (Å²) in [5.74, 6) is -0.197. The lowest BCUT2D eigenvalue weighted by Crippen LogP contribution is -1.97. The number of benzene rings is 1. The van der Waals surface area contributed by atoms with Gasteiger partial charge in [0.2, 0.25) is 0 Å². The van der Waals surface area contributed by atoms with Crippen molar-refractivity contribution in [2.75, 3.05) is 0 Å². The van der Waals surface area contributed by atoms with Crippen molar-refractivity contribution >= 4 is 11.8 Å². The molecular formula is C13H14FN3S. The second-order valence-corrected chi connectivity index (χ2v) is 5.87. The van der Waals surface area contributed by atoms with Gasteiger partial charge in [0.25, 0.3) is 0 Å². The van der Waals surface area contributed by atoms with Crippen molar-refractivity contribution in [1.82, 2.24) is 14.8 Å². The standard InChI is InChI=1S/C13H14FN3S/c1-9(10-2-4-11(14)5-3-10)18-13-16-15-8-17(13)12-6-7-12/h2-5,8-9,12H,6-7H2,1H3/t9-/m0/s1. The van der Waals surface area contributed by atoms with Crippen molar-refractivity contribution < 1.29 is 4.39 Å². The van der Waals surface area contributed by atoms with Gasteiger partial charge in [0, 0.05) is 11.3 Å². The lowest BCUT2D eigenvalue weighted by Gasteiger charge is -2.11. The molecule has 1 aliphatic rings. The average molecular weight is 263 g/mol. The third-order valence-corrected chi connectivity index (χ3v) is 4.23. The molecule has 0 saturated heterocycles. The molecule has 5 heteroatoms. The van der Waals surface area contributed by atoms with Gasteiger partial charge in [-0.1, -0.05) is 23.9 Å². The molecule has 3 rings (SSSR count). The highest BCUT2D eigenvalue weighted by atomic mass is 32.2. The molecule has 0 radical (unpaired) electrons. The summed E-state index contributed by atoms with van der Waals surface area (Å²) in [4.78, 5) is 0. The van der Waals surface area contributed by atoms with E-state index >= 15 is 0 Å². The van der Waals surface area contributed by atoms with Crippen molar-refractivity contribution in [3.05, 3.63) is 42.0 Å². The Morgan fingerprint density at radius 2 is 2.06 bits per heavy atom. The van der Waals surface area contributed by atoms with Crippen molar-refractivity contribution in [2.45, 2.75) is 36.2 Å². The Bertz CT molecular complexity index is 533. The molecule has 1 fully saturated rings. The third-order valence-electron chi connectivity index (χ3n) is 3.10. The smallest absolute Gasteiger partial charge is 0.191 e. The predicted octanol–water partition coefficient (Wildman–Crippen LogP) is 3.61. The fourth-order valence-electron chi connectivity index (χ4n) is 1.88. The van der Waals surface area contributed by atoms with Gasteiger partial charge in [-0.25, -0.2) is 4.39 Å². The quantitative estimate of drug-likeness (QED) is 0.790. The molecule has 1 aliphatic carbocycles. The fraction of sp³-hybridized carbons (Fsp3) is 0.385. The molecule has 1 heterocycles. The van der Waals surface area contributed by atoms with Crippen LogP contribution in [0.5, 0.6) is 0 Å². The Kier molecular flexibility index (Phi) is 3.07. The molecule has 3 nitrogen and oxygen atoms in total. The van der Waals surface area contributed by atoms with Crippen LogP contribution in [0.25, 0.3) is 0 Å². The molecule has 0 aliphatic heterocycles. The molecule has 94 valence electrons. The maximum Gasteiger partial charge on any atom is 0.191 e. The first-order valence-corrected chi connectivity index (χ1v) is 6.93.